The summed E-state index contributed by atoms with van der Waals surface area (Å²) in [5.41, 5.74) is -0.492. The molecule has 0 unspecified atom stereocenters. The van der Waals surface area contributed by atoms with Crippen LogP contribution in [0.5, 0.6) is 0 Å². The lowest BCUT2D eigenvalue weighted by Gasteiger charge is -2.23. The fourth-order valence-electron chi connectivity index (χ4n) is 1.16. The van der Waals surface area contributed by atoms with Gasteiger partial charge in [0.1, 0.15) is 0 Å². The summed E-state index contributed by atoms with van der Waals surface area (Å²) in [5, 5.41) is 19.9. The van der Waals surface area contributed by atoms with Crippen LogP contribution in [-0.2, 0) is 4.79 Å². The first-order valence-electron chi connectivity index (χ1n) is 8.90. The molecule has 0 saturated carbocycles. The molecular weight excluding hydrogens is 290 g/mol. The number of hydrogen-bond acceptors (Lipinski definition) is 3. The van der Waals surface area contributed by atoms with Gasteiger partial charge >= 0.3 is 0 Å². The quantitative estimate of drug-likeness (QED) is 0.659. The van der Waals surface area contributed by atoms with Crippen molar-refractivity contribution in [1.29, 1.82) is 0 Å². The normalized spacial score (nSPS) is 10.9. The van der Waals surface area contributed by atoms with Gasteiger partial charge in [0.25, 0.3) is 0 Å². The summed E-state index contributed by atoms with van der Waals surface area (Å²) in [5.74, 6) is 2.05. The molecule has 0 aliphatic rings. The summed E-state index contributed by atoms with van der Waals surface area (Å²) in [6.07, 6.45) is 2.37. The molecule has 142 valence electrons. The summed E-state index contributed by atoms with van der Waals surface area (Å²) in [6, 6.07) is 0. The third-order valence-corrected chi connectivity index (χ3v) is 2.53. The first-order valence-corrected chi connectivity index (χ1v) is 8.90. The summed E-state index contributed by atoms with van der Waals surface area (Å²) in [6.45, 7) is 18.8. The Morgan fingerprint density at radius 2 is 1.30 bits per heavy atom. The molecule has 0 radical (unpaired) electrons. The molecule has 0 aromatic carbocycles. The Balaban J connectivity index is -0.000000330. The third-order valence-electron chi connectivity index (χ3n) is 2.53. The molecule has 0 heterocycles. The van der Waals surface area contributed by atoms with Crippen molar-refractivity contribution in [3.05, 3.63) is 0 Å². The zero-order valence-electron chi connectivity index (χ0n) is 17.1. The highest BCUT2D eigenvalue weighted by atomic mass is 16.3. The van der Waals surface area contributed by atoms with E-state index in [0.717, 1.165) is 18.8 Å². The average Bonchev–Trinajstić information content (AvgIpc) is 2.36. The fourth-order valence-corrected chi connectivity index (χ4v) is 1.16. The molecule has 4 heteroatoms. The zero-order valence-corrected chi connectivity index (χ0v) is 17.1. The predicted octanol–water partition coefficient (Wildman–Crippen LogP) is 4.00. The summed E-state index contributed by atoms with van der Waals surface area (Å²) < 4.78 is 0. The van der Waals surface area contributed by atoms with Crippen LogP contribution < -0.4 is 5.32 Å². The van der Waals surface area contributed by atoms with Gasteiger partial charge in [-0.1, -0.05) is 48.5 Å². The van der Waals surface area contributed by atoms with E-state index < -0.39 is 5.54 Å². The van der Waals surface area contributed by atoms with Gasteiger partial charge in [-0.05, 0) is 44.4 Å². The van der Waals surface area contributed by atoms with Crippen molar-refractivity contribution in [2.45, 2.75) is 87.1 Å². The molecule has 0 rings (SSSR count). The van der Waals surface area contributed by atoms with Gasteiger partial charge in [0.2, 0.25) is 5.91 Å². The topological polar surface area (TPSA) is 69.6 Å². The Kier molecular flexibility index (Phi) is 19.3. The van der Waals surface area contributed by atoms with E-state index in [4.69, 9.17) is 10.2 Å². The van der Waals surface area contributed by atoms with E-state index in [1.54, 1.807) is 13.8 Å². The SMILES string of the molecule is CC(C)C.CC(C)CCC(=O)NC(C)(C)CO.CC(C)CCO. The maximum Gasteiger partial charge on any atom is 0.220 e. The van der Waals surface area contributed by atoms with Crippen LogP contribution in [0.15, 0.2) is 0 Å². The molecule has 0 fully saturated rings. The van der Waals surface area contributed by atoms with Gasteiger partial charge in [-0.15, -0.1) is 0 Å². The second-order valence-corrected chi connectivity index (χ2v) is 8.16. The van der Waals surface area contributed by atoms with Crippen LogP contribution in [0, 0.1) is 17.8 Å². The molecule has 0 atom stereocenters. The largest absolute Gasteiger partial charge is 0.396 e. The number of amides is 1. The van der Waals surface area contributed by atoms with Crippen LogP contribution in [-0.4, -0.2) is 34.9 Å². The summed E-state index contributed by atoms with van der Waals surface area (Å²) >= 11 is 0. The van der Waals surface area contributed by atoms with E-state index >= 15 is 0 Å². The van der Waals surface area contributed by atoms with E-state index in [1.807, 2.05) is 0 Å². The first kappa shape index (κ1) is 27.2. The molecule has 1 amide bonds. The molecule has 0 saturated heterocycles. The lowest BCUT2D eigenvalue weighted by Crippen LogP contribution is -2.46. The van der Waals surface area contributed by atoms with Crippen molar-refractivity contribution in [1.82, 2.24) is 5.32 Å². The van der Waals surface area contributed by atoms with Crippen LogP contribution in [0.3, 0.4) is 0 Å². The van der Waals surface area contributed by atoms with Crippen LogP contribution in [0.1, 0.15) is 81.6 Å². The highest BCUT2D eigenvalue weighted by molar-refractivity contribution is 5.76. The van der Waals surface area contributed by atoms with Crippen molar-refractivity contribution < 1.29 is 15.0 Å². The Bertz CT molecular complexity index is 259. The summed E-state index contributed by atoms with van der Waals surface area (Å²) in [4.78, 5) is 11.3. The van der Waals surface area contributed by atoms with Crippen LogP contribution >= 0.6 is 0 Å². The number of nitrogens with one attached hydrogen (secondary N) is 1. The molecule has 0 aromatic heterocycles. The minimum atomic E-state index is -0.492. The molecule has 4 nitrogen and oxygen atoms in total. The van der Waals surface area contributed by atoms with Crippen LogP contribution in [0.4, 0.5) is 0 Å². The third kappa shape index (κ3) is 34.0. The van der Waals surface area contributed by atoms with E-state index in [-0.39, 0.29) is 12.5 Å². The Morgan fingerprint density at radius 3 is 1.52 bits per heavy atom. The summed E-state index contributed by atoms with van der Waals surface area (Å²) in [7, 11) is 0. The van der Waals surface area contributed by atoms with Gasteiger partial charge in [-0.2, -0.15) is 0 Å². The minimum Gasteiger partial charge on any atom is -0.396 e. The van der Waals surface area contributed by atoms with Crippen molar-refractivity contribution in [3.63, 3.8) is 0 Å². The number of carbonyl (C=O) groups excluding carboxylic acids is 1. The van der Waals surface area contributed by atoms with Crippen LogP contribution in [0.2, 0.25) is 0 Å². The van der Waals surface area contributed by atoms with E-state index in [1.165, 1.54) is 0 Å². The zero-order chi connectivity index (χ0) is 19.1. The van der Waals surface area contributed by atoms with Crippen LogP contribution in [0.25, 0.3) is 0 Å². The standard InChI is InChI=1S/C10H21NO2.C5H12O.C4H10/c1-8(2)5-6-9(13)11-10(3,4)7-12;1-5(2)3-4-6;1-4(2)3/h8,12H,5-7H2,1-4H3,(H,11,13);5-6H,3-4H2,1-2H3;4H,1-3H3. The Morgan fingerprint density at radius 1 is 0.913 bits per heavy atom. The van der Waals surface area contributed by atoms with Crippen molar-refractivity contribution in [2.24, 2.45) is 17.8 Å². The Labute approximate surface area is 145 Å². The van der Waals surface area contributed by atoms with E-state index in [9.17, 15) is 4.79 Å². The average molecular weight is 334 g/mol. The molecule has 0 aliphatic heterocycles. The molecule has 23 heavy (non-hydrogen) atoms. The number of rotatable bonds is 7. The number of hydrogen-bond donors (Lipinski definition) is 3. The number of carbonyl (C=O) groups is 1. The van der Waals surface area contributed by atoms with Crippen molar-refractivity contribution in [3.8, 4) is 0 Å². The molecule has 3 N–H and O–H groups in total. The highest BCUT2D eigenvalue weighted by Crippen LogP contribution is 2.05. The molecular formula is C19H43NO3. The second-order valence-electron chi connectivity index (χ2n) is 8.16. The van der Waals surface area contributed by atoms with E-state index in [0.29, 0.717) is 24.9 Å². The second kappa shape index (κ2) is 16.3. The minimum absolute atomic E-state index is 0.0211. The van der Waals surface area contributed by atoms with Crippen molar-refractivity contribution >= 4 is 5.91 Å². The number of aliphatic hydroxyl groups is 2. The maximum atomic E-state index is 11.3. The lowest BCUT2D eigenvalue weighted by atomic mass is 10.0. The van der Waals surface area contributed by atoms with Gasteiger partial charge in [0.05, 0.1) is 12.1 Å². The molecule has 0 spiro atoms. The van der Waals surface area contributed by atoms with Gasteiger partial charge in [-0.3, -0.25) is 4.79 Å². The smallest absolute Gasteiger partial charge is 0.220 e. The first-order chi connectivity index (χ1) is 10.4. The molecule has 0 aliphatic carbocycles. The fraction of sp³-hybridized carbons (Fsp3) is 0.947. The Hall–Kier alpha value is -0.610. The molecule has 0 bridgehead atoms. The predicted molar refractivity (Wildman–Crippen MR) is 100 cm³/mol. The van der Waals surface area contributed by atoms with Gasteiger partial charge in [-0.25, -0.2) is 0 Å². The number of aliphatic hydroxyl groups excluding tert-OH is 2. The highest BCUT2D eigenvalue weighted by Gasteiger charge is 2.18. The monoisotopic (exact) mass is 333 g/mol. The van der Waals surface area contributed by atoms with Gasteiger partial charge in [0.15, 0.2) is 0 Å². The van der Waals surface area contributed by atoms with Crippen molar-refractivity contribution in [2.75, 3.05) is 13.2 Å². The molecule has 0 aromatic rings. The van der Waals surface area contributed by atoms with Gasteiger partial charge in [0, 0.05) is 13.0 Å². The van der Waals surface area contributed by atoms with Gasteiger partial charge < -0.3 is 15.5 Å². The van der Waals surface area contributed by atoms with E-state index in [2.05, 4.69) is 53.8 Å². The maximum absolute atomic E-state index is 11.3. The lowest BCUT2D eigenvalue weighted by molar-refractivity contribution is -0.123.